The van der Waals surface area contributed by atoms with Gasteiger partial charge in [0.15, 0.2) is 0 Å². The van der Waals surface area contributed by atoms with E-state index in [0.717, 1.165) is 30.8 Å². The second kappa shape index (κ2) is 6.14. The standard InChI is InChI=1S/C17H20N2O2/c1-12(20)19-14-7-5-13(6-8-14)11-18-16-3-2-4-17-15(16)9-10-21-17/h5-10,16,18H,2-4,11H2,1H3,(H,19,20). The molecule has 1 atom stereocenters. The number of hydrogen-bond acceptors (Lipinski definition) is 3. The van der Waals surface area contributed by atoms with Gasteiger partial charge in [-0.15, -0.1) is 0 Å². The Morgan fingerprint density at radius 1 is 1.29 bits per heavy atom. The molecular formula is C17H20N2O2. The average molecular weight is 284 g/mol. The van der Waals surface area contributed by atoms with Crippen molar-refractivity contribution >= 4 is 11.6 Å². The summed E-state index contributed by atoms with van der Waals surface area (Å²) in [5.41, 5.74) is 3.34. The van der Waals surface area contributed by atoms with E-state index in [1.807, 2.05) is 24.3 Å². The Morgan fingerprint density at radius 2 is 2.10 bits per heavy atom. The van der Waals surface area contributed by atoms with E-state index in [-0.39, 0.29) is 5.91 Å². The molecule has 0 radical (unpaired) electrons. The Bertz CT molecular complexity index is 616. The molecule has 1 aliphatic carbocycles. The fraction of sp³-hybridized carbons (Fsp3) is 0.353. The highest BCUT2D eigenvalue weighted by Gasteiger charge is 2.21. The minimum Gasteiger partial charge on any atom is -0.469 e. The third-order valence-corrected chi connectivity index (χ3v) is 3.88. The predicted octanol–water partition coefficient (Wildman–Crippen LogP) is 3.41. The molecule has 0 aliphatic heterocycles. The van der Waals surface area contributed by atoms with E-state index < -0.39 is 0 Å². The lowest BCUT2D eigenvalue weighted by Crippen LogP contribution is -2.24. The van der Waals surface area contributed by atoms with Crippen LogP contribution in [-0.4, -0.2) is 5.91 Å². The molecule has 110 valence electrons. The van der Waals surface area contributed by atoms with Crippen LogP contribution < -0.4 is 10.6 Å². The van der Waals surface area contributed by atoms with Gasteiger partial charge in [-0.2, -0.15) is 0 Å². The topological polar surface area (TPSA) is 54.3 Å². The third kappa shape index (κ3) is 3.34. The number of benzene rings is 1. The number of anilines is 1. The summed E-state index contributed by atoms with van der Waals surface area (Å²) in [6, 6.07) is 10.4. The highest BCUT2D eigenvalue weighted by atomic mass is 16.3. The van der Waals surface area contributed by atoms with Crippen LogP contribution in [0.25, 0.3) is 0 Å². The summed E-state index contributed by atoms with van der Waals surface area (Å²) in [7, 11) is 0. The minimum atomic E-state index is -0.0458. The Labute approximate surface area is 124 Å². The van der Waals surface area contributed by atoms with Crippen LogP contribution in [-0.2, 0) is 17.8 Å². The lowest BCUT2D eigenvalue weighted by molar-refractivity contribution is -0.114. The van der Waals surface area contributed by atoms with Crippen LogP contribution >= 0.6 is 0 Å². The summed E-state index contributed by atoms with van der Waals surface area (Å²) in [4.78, 5) is 11.0. The first-order valence-corrected chi connectivity index (χ1v) is 7.38. The highest BCUT2D eigenvalue weighted by Crippen LogP contribution is 2.30. The van der Waals surface area contributed by atoms with Crippen molar-refractivity contribution in [2.24, 2.45) is 0 Å². The molecule has 2 N–H and O–H groups in total. The quantitative estimate of drug-likeness (QED) is 0.904. The summed E-state index contributed by atoms with van der Waals surface area (Å²) < 4.78 is 5.51. The summed E-state index contributed by atoms with van der Waals surface area (Å²) in [6.45, 7) is 2.33. The normalized spacial score (nSPS) is 17.3. The average Bonchev–Trinajstić information content (AvgIpc) is 2.95. The second-order valence-corrected chi connectivity index (χ2v) is 5.50. The van der Waals surface area contributed by atoms with E-state index in [1.165, 1.54) is 24.5 Å². The number of furan rings is 1. The smallest absolute Gasteiger partial charge is 0.221 e. The van der Waals surface area contributed by atoms with Crippen LogP contribution in [0.4, 0.5) is 5.69 Å². The lowest BCUT2D eigenvalue weighted by Gasteiger charge is -2.23. The number of amides is 1. The number of carbonyl (C=O) groups excluding carboxylic acids is 1. The van der Waals surface area contributed by atoms with Crippen molar-refractivity contribution in [3.8, 4) is 0 Å². The minimum absolute atomic E-state index is 0.0458. The third-order valence-electron chi connectivity index (χ3n) is 3.88. The molecule has 0 saturated carbocycles. The molecule has 1 amide bonds. The van der Waals surface area contributed by atoms with Gasteiger partial charge in [0.1, 0.15) is 5.76 Å². The molecule has 1 aromatic carbocycles. The number of hydrogen-bond donors (Lipinski definition) is 2. The van der Waals surface area contributed by atoms with Crippen molar-refractivity contribution in [2.75, 3.05) is 5.32 Å². The Morgan fingerprint density at radius 3 is 2.86 bits per heavy atom. The van der Waals surface area contributed by atoms with Crippen LogP contribution in [0, 0.1) is 0 Å². The SMILES string of the molecule is CC(=O)Nc1ccc(CNC2CCCc3occc32)cc1. The largest absolute Gasteiger partial charge is 0.469 e. The van der Waals surface area contributed by atoms with E-state index in [4.69, 9.17) is 4.42 Å². The number of rotatable bonds is 4. The zero-order valence-electron chi connectivity index (χ0n) is 12.2. The van der Waals surface area contributed by atoms with Crippen molar-refractivity contribution in [3.05, 3.63) is 53.5 Å². The molecule has 1 aliphatic rings. The van der Waals surface area contributed by atoms with Crippen molar-refractivity contribution in [1.82, 2.24) is 5.32 Å². The fourth-order valence-corrected chi connectivity index (χ4v) is 2.85. The molecule has 0 fully saturated rings. The molecule has 0 spiro atoms. The maximum atomic E-state index is 11.0. The molecule has 3 rings (SSSR count). The molecule has 4 heteroatoms. The van der Waals surface area contributed by atoms with Crippen molar-refractivity contribution < 1.29 is 9.21 Å². The van der Waals surface area contributed by atoms with Crippen LogP contribution in [0.3, 0.4) is 0 Å². The molecule has 0 bridgehead atoms. The monoisotopic (exact) mass is 284 g/mol. The van der Waals surface area contributed by atoms with Gasteiger partial charge in [0.25, 0.3) is 0 Å². The molecular weight excluding hydrogens is 264 g/mol. The molecule has 21 heavy (non-hydrogen) atoms. The molecule has 0 saturated heterocycles. The van der Waals surface area contributed by atoms with Crippen LogP contribution in [0.2, 0.25) is 0 Å². The van der Waals surface area contributed by atoms with Gasteiger partial charge in [0.2, 0.25) is 5.91 Å². The highest BCUT2D eigenvalue weighted by molar-refractivity contribution is 5.88. The first kappa shape index (κ1) is 13.9. The summed E-state index contributed by atoms with van der Waals surface area (Å²) >= 11 is 0. The van der Waals surface area contributed by atoms with Crippen LogP contribution in [0.5, 0.6) is 0 Å². The van der Waals surface area contributed by atoms with Gasteiger partial charge in [-0.25, -0.2) is 0 Å². The van der Waals surface area contributed by atoms with Crippen molar-refractivity contribution in [3.63, 3.8) is 0 Å². The van der Waals surface area contributed by atoms with Crippen LogP contribution in [0.1, 0.15) is 42.7 Å². The van der Waals surface area contributed by atoms with E-state index in [0.29, 0.717) is 6.04 Å². The Hall–Kier alpha value is -2.07. The van der Waals surface area contributed by atoms with E-state index in [2.05, 4.69) is 16.7 Å². The predicted molar refractivity (Wildman–Crippen MR) is 82.0 cm³/mol. The first-order valence-electron chi connectivity index (χ1n) is 7.38. The number of carbonyl (C=O) groups is 1. The van der Waals surface area contributed by atoms with E-state index in [1.54, 1.807) is 6.26 Å². The summed E-state index contributed by atoms with van der Waals surface area (Å²) in [6.07, 6.45) is 5.15. The zero-order chi connectivity index (χ0) is 14.7. The summed E-state index contributed by atoms with van der Waals surface area (Å²) in [5.74, 6) is 1.08. The Kier molecular flexibility index (Phi) is 4.06. The second-order valence-electron chi connectivity index (χ2n) is 5.50. The van der Waals surface area contributed by atoms with Gasteiger partial charge < -0.3 is 15.1 Å². The van der Waals surface area contributed by atoms with Gasteiger partial charge in [0, 0.05) is 37.2 Å². The van der Waals surface area contributed by atoms with E-state index in [9.17, 15) is 4.79 Å². The maximum Gasteiger partial charge on any atom is 0.221 e. The fourth-order valence-electron chi connectivity index (χ4n) is 2.85. The molecule has 2 aromatic rings. The molecule has 1 aromatic heterocycles. The van der Waals surface area contributed by atoms with Crippen LogP contribution in [0.15, 0.2) is 41.0 Å². The lowest BCUT2D eigenvalue weighted by atomic mass is 9.93. The summed E-state index contributed by atoms with van der Waals surface area (Å²) in [5, 5.41) is 6.37. The number of aryl methyl sites for hydroxylation is 1. The van der Waals surface area contributed by atoms with Gasteiger partial charge in [-0.05, 0) is 36.6 Å². The maximum absolute atomic E-state index is 11.0. The van der Waals surface area contributed by atoms with Gasteiger partial charge >= 0.3 is 0 Å². The molecule has 1 heterocycles. The number of fused-ring (bicyclic) bond motifs is 1. The van der Waals surface area contributed by atoms with Gasteiger partial charge in [0.05, 0.1) is 6.26 Å². The first-order chi connectivity index (χ1) is 10.2. The van der Waals surface area contributed by atoms with Crippen molar-refractivity contribution in [1.29, 1.82) is 0 Å². The van der Waals surface area contributed by atoms with Crippen molar-refractivity contribution in [2.45, 2.75) is 38.8 Å². The van der Waals surface area contributed by atoms with Gasteiger partial charge in [-0.3, -0.25) is 4.79 Å². The van der Waals surface area contributed by atoms with E-state index >= 15 is 0 Å². The zero-order valence-corrected chi connectivity index (χ0v) is 12.2. The number of nitrogens with one attached hydrogen (secondary N) is 2. The molecule has 4 nitrogen and oxygen atoms in total. The molecule has 1 unspecified atom stereocenters. The van der Waals surface area contributed by atoms with Gasteiger partial charge in [-0.1, -0.05) is 12.1 Å². The Balaban J connectivity index is 1.60.